The Morgan fingerprint density at radius 3 is 1.10 bits per heavy atom. The van der Waals surface area contributed by atoms with Crippen molar-refractivity contribution in [1.82, 2.24) is 0 Å². The summed E-state index contributed by atoms with van der Waals surface area (Å²) in [6.45, 7) is 0. The molecule has 0 spiro atoms. The monoisotopic (exact) mass is 1300 g/mol. The number of hydrogen-bond donors (Lipinski definition) is 0. The lowest BCUT2D eigenvalue weighted by atomic mass is 10.2. The second-order valence-corrected chi connectivity index (χ2v) is 30.2. The zero-order valence-electron chi connectivity index (χ0n) is 50.5. The molecule has 0 aromatic heterocycles. The molecule has 0 aliphatic rings. The first kappa shape index (κ1) is 67.4. The summed E-state index contributed by atoms with van der Waals surface area (Å²) in [7, 11) is -2.86. The predicted molar refractivity (Wildman–Crippen MR) is 405 cm³/mol. The zero-order chi connectivity index (χ0) is 63.6. The van der Waals surface area contributed by atoms with E-state index >= 15 is 4.39 Å². The third kappa shape index (κ3) is 21.3. The van der Waals surface area contributed by atoms with Crippen LogP contribution in [0.15, 0.2) is 388 Å². The molecule has 0 amide bonds. The van der Waals surface area contributed by atoms with Crippen LogP contribution in [0.1, 0.15) is 16.7 Å². The SMILES string of the molecule is C#Cc1ccccc1.C(#CP(c1ccccc1)c1ccccc1)c1ccccc1.ClP(c1ccccc1)c1ccccc1.Fc1ccccc1P(/C(=C\P(c1ccccc1)c1ccccc1)c1ccccc1)c1ccccc1.Fc1ccccc1Pc1ccccc1. The molecular formula is C84H66ClF2P5. The minimum atomic E-state index is -1.12. The van der Waals surface area contributed by atoms with Gasteiger partial charge in [-0.25, -0.2) is 8.78 Å². The van der Waals surface area contributed by atoms with Crippen molar-refractivity contribution in [2.75, 3.05) is 0 Å². The standard InChI is InChI=1S/C32H25FP2.C20H15P.C12H10ClP.C12H10FP.C8H6/c33-30-23-13-14-24-31(30)35(29-21-11-4-12-22-29)32(26-15-5-1-6-16-26)25-34(27-17-7-2-8-18-27)28-19-9-3-10-20-28;1-4-10-18(11-5-1)16-17-21(19-12-6-2-7-13-19)20-14-8-3-9-15-20;13-14(11-7-3-1-4-8-11)12-9-5-2-6-10-12;13-11-8-4-5-9-12(11)14-10-6-2-1-3-7-10;1-2-8-6-4-3-5-7-8/h1-25H;1-15H;1-10H;1-9,14H;1,3-7H/b32-25-;;;;. The maximum atomic E-state index is 15.4. The molecule has 0 saturated carbocycles. The summed E-state index contributed by atoms with van der Waals surface area (Å²) in [6, 6.07) is 128. The van der Waals surface area contributed by atoms with E-state index in [1.165, 1.54) is 43.2 Å². The fraction of sp³-hybridized carbons (Fsp3) is 0. The predicted octanol–water partition coefficient (Wildman–Crippen LogP) is 18.9. The molecule has 0 saturated heterocycles. The fourth-order valence-electron chi connectivity index (χ4n) is 9.20. The molecule has 0 aliphatic carbocycles. The maximum Gasteiger partial charge on any atom is 0.131 e. The Labute approximate surface area is 554 Å². The second-order valence-electron chi connectivity index (χ2n) is 20.1. The molecule has 0 bridgehead atoms. The van der Waals surface area contributed by atoms with Gasteiger partial charge < -0.3 is 0 Å². The van der Waals surface area contributed by atoms with Crippen molar-refractivity contribution in [2.24, 2.45) is 0 Å². The van der Waals surface area contributed by atoms with Crippen molar-refractivity contribution in [3.05, 3.63) is 416 Å². The summed E-state index contributed by atoms with van der Waals surface area (Å²) in [6.07, 6.45) is 5.10. The van der Waals surface area contributed by atoms with Crippen LogP contribution >= 0.6 is 50.9 Å². The van der Waals surface area contributed by atoms with Gasteiger partial charge in [-0.2, -0.15) is 0 Å². The summed E-state index contributed by atoms with van der Waals surface area (Å²) in [4.78, 5) is 0. The van der Waals surface area contributed by atoms with Crippen LogP contribution in [0, 0.1) is 35.6 Å². The molecule has 0 radical (unpaired) electrons. The number of rotatable bonds is 13. The average Bonchev–Trinajstić information content (AvgIpc) is 1.10. The molecule has 13 aromatic carbocycles. The van der Waals surface area contributed by atoms with Crippen molar-refractivity contribution in [3.63, 3.8) is 0 Å². The molecule has 0 fully saturated rings. The highest BCUT2D eigenvalue weighted by molar-refractivity contribution is 7.95. The van der Waals surface area contributed by atoms with E-state index in [1.54, 1.807) is 18.2 Å². The Morgan fingerprint density at radius 2 is 0.685 bits per heavy atom. The van der Waals surface area contributed by atoms with Crippen LogP contribution in [0.2, 0.25) is 0 Å². The van der Waals surface area contributed by atoms with Crippen LogP contribution in [0.25, 0.3) is 5.31 Å². The minimum absolute atomic E-state index is 0.116. The molecular weight excluding hydrogens is 1240 g/mol. The summed E-state index contributed by atoms with van der Waals surface area (Å²) in [5.74, 6) is 7.99. The van der Waals surface area contributed by atoms with Crippen LogP contribution in [0.4, 0.5) is 8.78 Å². The van der Waals surface area contributed by atoms with Gasteiger partial charge in [0.25, 0.3) is 0 Å². The second kappa shape index (κ2) is 38.0. The highest BCUT2D eigenvalue weighted by Crippen LogP contribution is 2.53. The molecule has 0 N–H and O–H groups in total. The maximum absolute atomic E-state index is 15.4. The number of terminal acetylenes is 1. The highest BCUT2D eigenvalue weighted by Gasteiger charge is 2.25. The Morgan fingerprint density at radius 1 is 0.348 bits per heavy atom. The Hall–Kier alpha value is -8.98. The van der Waals surface area contributed by atoms with Crippen molar-refractivity contribution in [2.45, 2.75) is 0 Å². The molecule has 13 aromatic rings. The quantitative estimate of drug-likeness (QED) is 0.0797. The lowest BCUT2D eigenvalue weighted by Gasteiger charge is -2.25. The summed E-state index contributed by atoms with van der Waals surface area (Å²) < 4.78 is 28.7. The lowest BCUT2D eigenvalue weighted by molar-refractivity contribution is 0.636. The van der Waals surface area contributed by atoms with Crippen LogP contribution in [-0.2, 0) is 0 Å². The number of benzene rings is 13. The van der Waals surface area contributed by atoms with Gasteiger partial charge in [0.1, 0.15) is 11.6 Å². The average molecular weight is 1300 g/mol. The van der Waals surface area contributed by atoms with Crippen LogP contribution < -0.4 is 53.0 Å². The molecule has 0 nitrogen and oxygen atoms in total. The Balaban J connectivity index is 0.000000149. The topological polar surface area (TPSA) is 0 Å². The van der Waals surface area contributed by atoms with E-state index in [2.05, 4.69) is 205 Å². The van der Waals surface area contributed by atoms with Gasteiger partial charge in [-0.1, -0.05) is 383 Å². The third-order valence-electron chi connectivity index (χ3n) is 13.7. The zero-order valence-corrected chi connectivity index (χ0v) is 55.8. The van der Waals surface area contributed by atoms with E-state index in [0.29, 0.717) is 8.58 Å². The van der Waals surface area contributed by atoms with Gasteiger partial charge in [0.2, 0.25) is 0 Å². The number of halogens is 3. The van der Waals surface area contributed by atoms with Crippen LogP contribution in [-0.4, -0.2) is 0 Å². The van der Waals surface area contributed by atoms with Gasteiger partial charge >= 0.3 is 0 Å². The smallest absolute Gasteiger partial charge is 0.131 e. The van der Waals surface area contributed by atoms with Gasteiger partial charge in [-0.3, -0.25) is 0 Å². The third-order valence-corrected chi connectivity index (χ3v) is 24.6. The minimum Gasteiger partial charge on any atom is -0.206 e. The molecule has 13 rings (SSSR count). The highest BCUT2D eigenvalue weighted by atomic mass is 35.7. The van der Waals surface area contributed by atoms with Gasteiger partial charge in [0, 0.05) is 29.7 Å². The summed E-state index contributed by atoms with van der Waals surface area (Å²) >= 11 is 6.40. The van der Waals surface area contributed by atoms with E-state index in [4.69, 9.17) is 17.7 Å². The van der Waals surface area contributed by atoms with E-state index in [9.17, 15) is 4.39 Å². The van der Waals surface area contributed by atoms with Crippen molar-refractivity contribution < 1.29 is 8.78 Å². The summed E-state index contributed by atoms with van der Waals surface area (Å²) in [5.41, 5.74) is 6.62. The number of hydrogen-bond acceptors (Lipinski definition) is 0. The van der Waals surface area contributed by atoms with Crippen molar-refractivity contribution in [1.29, 1.82) is 0 Å². The first-order valence-corrected chi connectivity index (χ1v) is 37.1. The van der Waals surface area contributed by atoms with Crippen LogP contribution in [0.3, 0.4) is 0 Å². The molecule has 0 heterocycles. The molecule has 2 unspecified atom stereocenters. The van der Waals surface area contributed by atoms with Gasteiger partial charge in [-0.15, -0.1) is 6.42 Å². The van der Waals surface area contributed by atoms with Crippen LogP contribution in [0.5, 0.6) is 0 Å². The molecule has 8 heteroatoms. The Kier molecular flexibility index (Phi) is 27.8. The van der Waals surface area contributed by atoms with Gasteiger partial charge in [0.05, 0.1) is 7.27 Å². The molecule has 0 aliphatic heterocycles. The van der Waals surface area contributed by atoms with E-state index < -0.39 is 31.0 Å². The van der Waals surface area contributed by atoms with Crippen molar-refractivity contribution >= 4 is 109 Å². The fourth-order valence-corrected chi connectivity index (χ4v) is 18.8. The first-order valence-electron chi connectivity index (χ1n) is 29.8. The normalized spacial score (nSPS) is 10.9. The lowest BCUT2D eigenvalue weighted by Crippen LogP contribution is -2.17. The summed E-state index contributed by atoms with van der Waals surface area (Å²) in [5, 5.41) is 12.6. The van der Waals surface area contributed by atoms with E-state index in [1.807, 2.05) is 176 Å². The first-order chi connectivity index (χ1) is 45.4. The van der Waals surface area contributed by atoms with E-state index in [0.717, 1.165) is 37.9 Å². The van der Waals surface area contributed by atoms with Crippen molar-refractivity contribution in [3.8, 4) is 23.9 Å². The van der Waals surface area contributed by atoms with Gasteiger partial charge in [-0.05, 0) is 111 Å². The molecule has 2 atom stereocenters. The largest absolute Gasteiger partial charge is 0.206 e. The Bertz CT molecular complexity index is 4220. The van der Waals surface area contributed by atoms with Gasteiger partial charge in [0.15, 0.2) is 0 Å². The molecule has 448 valence electrons. The van der Waals surface area contributed by atoms with E-state index in [-0.39, 0.29) is 11.6 Å². The molecule has 92 heavy (non-hydrogen) atoms.